The summed E-state index contributed by atoms with van der Waals surface area (Å²) in [6.45, 7) is 9.85. The summed E-state index contributed by atoms with van der Waals surface area (Å²) < 4.78 is 5.55. The molecule has 22 heavy (non-hydrogen) atoms. The quantitative estimate of drug-likeness (QED) is 0.454. The predicted molar refractivity (Wildman–Crippen MR) is 101 cm³/mol. The molecule has 1 aromatic rings. The fourth-order valence-corrected chi connectivity index (χ4v) is 2.34. The Balaban J connectivity index is 0.00000242. The summed E-state index contributed by atoms with van der Waals surface area (Å²) in [6.07, 6.45) is 4.51. The molecule has 0 amide bonds. The maximum absolute atomic E-state index is 5.55. The van der Waals surface area contributed by atoms with Gasteiger partial charge in [0.05, 0.1) is 12.6 Å². The molecule has 1 saturated heterocycles. The Bertz CT molecular complexity index is 456. The van der Waals surface area contributed by atoms with Gasteiger partial charge < -0.3 is 15.0 Å². The molecule has 1 aromatic heterocycles. The number of nitrogens with one attached hydrogen (secondary N) is 1. The minimum atomic E-state index is 0. The van der Waals surface area contributed by atoms with Crippen molar-refractivity contribution in [3.05, 3.63) is 23.9 Å². The molecule has 1 fully saturated rings. The smallest absolute Gasteiger partial charge is 0.213 e. The number of aliphatic imine (C=N–C) groups is 1. The van der Waals surface area contributed by atoms with Crippen LogP contribution < -0.4 is 10.1 Å². The second kappa shape index (κ2) is 9.86. The number of rotatable bonds is 5. The first kappa shape index (κ1) is 19.0. The third-order valence-corrected chi connectivity index (χ3v) is 3.31. The lowest BCUT2D eigenvalue weighted by molar-refractivity contribution is 0.232. The van der Waals surface area contributed by atoms with Gasteiger partial charge in [0.15, 0.2) is 5.96 Å². The van der Waals surface area contributed by atoms with E-state index >= 15 is 0 Å². The van der Waals surface area contributed by atoms with Crippen LogP contribution in [0.25, 0.3) is 0 Å². The molecule has 0 saturated carbocycles. The number of nitrogens with zero attached hydrogens (tertiary/aromatic N) is 3. The van der Waals surface area contributed by atoms with Crippen LogP contribution in [0.15, 0.2) is 23.3 Å². The Labute approximate surface area is 150 Å². The molecule has 5 nitrogen and oxygen atoms in total. The van der Waals surface area contributed by atoms with Gasteiger partial charge in [0.2, 0.25) is 5.88 Å². The van der Waals surface area contributed by atoms with Gasteiger partial charge in [-0.05, 0) is 39.2 Å². The highest BCUT2D eigenvalue weighted by Crippen LogP contribution is 2.11. The van der Waals surface area contributed by atoms with Crippen molar-refractivity contribution in [1.29, 1.82) is 0 Å². The Morgan fingerprint density at radius 2 is 2.09 bits per heavy atom. The Morgan fingerprint density at radius 3 is 2.64 bits per heavy atom. The van der Waals surface area contributed by atoms with Gasteiger partial charge in [-0.15, -0.1) is 24.0 Å². The van der Waals surface area contributed by atoms with E-state index in [1.165, 1.54) is 12.8 Å². The molecule has 2 heterocycles. The van der Waals surface area contributed by atoms with Crippen molar-refractivity contribution in [1.82, 2.24) is 15.2 Å². The largest absolute Gasteiger partial charge is 0.475 e. The van der Waals surface area contributed by atoms with Crippen LogP contribution in [0.2, 0.25) is 0 Å². The fraction of sp³-hybridized carbons (Fsp3) is 0.625. The summed E-state index contributed by atoms with van der Waals surface area (Å²) in [6, 6.07) is 3.94. The van der Waals surface area contributed by atoms with Crippen LogP contribution in [0, 0.1) is 0 Å². The molecule has 1 aliphatic rings. The van der Waals surface area contributed by atoms with Crippen molar-refractivity contribution in [2.75, 3.05) is 19.6 Å². The first-order valence-corrected chi connectivity index (χ1v) is 7.84. The standard InChI is InChI=1S/C16H26N4O.HI/c1-4-17-16(20-9-5-6-10-20)19-12-14-7-8-15(18-11-14)21-13(2)3;/h7-8,11,13H,4-6,9-10,12H2,1-3H3,(H,17,19);1H. The average Bonchev–Trinajstić information content (AvgIpc) is 2.98. The van der Waals surface area contributed by atoms with Crippen LogP contribution in [0.4, 0.5) is 0 Å². The van der Waals surface area contributed by atoms with Gasteiger partial charge in [-0.25, -0.2) is 9.98 Å². The Morgan fingerprint density at radius 1 is 1.36 bits per heavy atom. The van der Waals surface area contributed by atoms with E-state index in [2.05, 4.69) is 22.1 Å². The van der Waals surface area contributed by atoms with Crippen molar-refractivity contribution in [3.63, 3.8) is 0 Å². The number of pyridine rings is 1. The third-order valence-electron chi connectivity index (χ3n) is 3.31. The number of aromatic nitrogens is 1. The van der Waals surface area contributed by atoms with E-state index in [1.54, 1.807) is 0 Å². The molecule has 1 aliphatic heterocycles. The van der Waals surface area contributed by atoms with Crippen molar-refractivity contribution in [2.24, 2.45) is 4.99 Å². The fourth-order valence-electron chi connectivity index (χ4n) is 2.34. The minimum Gasteiger partial charge on any atom is -0.475 e. The monoisotopic (exact) mass is 418 g/mol. The summed E-state index contributed by atoms with van der Waals surface area (Å²) in [5.74, 6) is 1.68. The summed E-state index contributed by atoms with van der Waals surface area (Å²) in [7, 11) is 0. The Kier molecular flexibility index (Phi) is 8.52. The van der Waals surface area contributed by atoms with Crippen molar-refractivity contribution < 1.29 is 4.74 Å². The van der Waals surface area contributed by atoms with Gasteiger partial charge in [-0.2, -0.15) is 0 Å². The topological polar surface area (TPSA) is 49.8 Å². The van der Waals surface area contributed by atoms with E-state index in [9.17, 15) is 0 Å². The average molecular weight is 418 g/mol. The number of likely N-dealkylation sites (tertiary alicyclic amines) is 1. The van der Waals surface area contributed by atoms with Gasteiger partial charge >= 0.3 is 0 Å². The maximum atomic E-state index is 5.55. The number of hydrogen-bond acceptors (Lipinski definition) is 3. The van der Waals surface area contributed by atoms with Gasteiger partial charge in [0, 0.05) is 31.9 Å². The molecule has 0 atom stereocenters. The number of halogens is 1. The lowest BCUT2D eigenvalue weighted by Gasteiger charge is -2.20. The van der Waals surface area contributed by atoms with E-state index in [1.807, 2.05) is 32.2 Å². The van der Waals surface area contributed by atoms with Crippen LogP contribution in [-0.4, -0.2) is 41.6 Å². The first-order chi connectivity index (χ1) is 10.2. The molecule has 6 heteroatoms. The van der Waals surface area contributed by atoms with Crippen molar-refractivity contribution in [3.8, 4) is 5.88 Å². The molecule has 0 unspecified atom stereocenters. The second-order valence-electron chi connectivity index (χ2n) is 5.54. The van der Waals surface area contributed by atoms with Crippen LogP contribution in [-0.2, 0) is 6.54 Å². The highest BCUT2D eigenvalue weighted by atomic mass is 127. The zero-order chi connectivity index (χ0) is 15.1. The highest BCUT2D eigenvalue weighted by Gasteiger charge is 2.15. The molecule has 0 bridgehead atoms. The molecular formula is C16H27IN4O. The van der Waals surface area contributed by atoms with E-state index in [-0.39, 0.29) is 30.1 Å². The molecule has 0 radical (unpaired) electrons. The van der Waals surface area contributed by atoms with Gasteiger partial charge in [-0.1, -0.05) is 6.07 Å². The second-order valence-corrected chi connectivity index (χ2v) is 5.54. The van der Waals surface area contributed by atoms with Crippen LogP contribution in [0.1, 0.15) is 39.2 Å². The summed E-state index contributed by atoms with van der Waals surface area (Å²) >= 11 is 0. The summed E-state index contributed by atoms with van der Waals surface area (Å²) in [4.78, 5) is 11.3. The number of ether oxygens (including phenoxy) is 1. The number of hydrogen-bond donors (Lipinski definition) is 1. The van der Waals surface area contributed by atoms with Crippen molar-refractivity contribution in [2.45, 2.75) is 46.3 Å². The Hall–Kier alpha value is -1.05. The molecule has 1 N–H and O–H groups in total. The lowest BCUT2D eigenvalue weighted by atomic mass is 10.3. The molecular weight excluding hydrogens is 391 g/mol. The molecule has 124 valence electrons. The highest BCUT2D eigenvalue weighted by molar-refractivity contribution is 14.0. The minimum absolute atomic E-state index is 0. The molecule has 2 rings (SSSR count). The molecule has 0 aliphatic carbocycles. The SMILES string of the molecule is CCNC(=NCc1ccc(OC(C)C)nc1)N1CCCC1.I. The normalized spacial score (nSPS) is 14.9. The van der Waals surface area contributed by atoms with E-state index in [0.29, 0.717) is 12.4 Å². The van der Waals surface area contributed by atoms with Crippen LogP contribution >= 0.6 is 24.0 Å². The van der Waals surface area contributed by atoms with E-state index < -0.39 is 0 Å². The first-order valence-electron chi connectivity index (χ1n) is 7.84. The number of guanidine groups is 1. The van der Waals surface area contributed by atoms with E-state index in [0.717, 1.165) is 31.2 Å². The van der Waals surface area contributed by atoms with Crippen LogP contribution in [0.3, 0.4) is 0 Å². The van der Waals surface area contributed by atoms with Gasteiger partial charge in [0.1, 0.15) is 0 Å². The van der Waals surface area contributed by atoms with E-state index in [4.69, 9.17) is 9.73 Å². The third kappa shape index (κ3) is 5.98. The lowest BCUT2D eigenvalue weighted by Crippen LogP contribution is -2.39. The predicted octanol–water partition coefficient (Wildman–Crippen LogP) is 3.05. The maximum Gasteiger partial charge on any atom is 0.213 e. The summed E-state index contributed by atoms with van der Waals surface area (Å²) in [5.41, 5.74) is 1.10. The van der Waals surface area contributed by atoms with Gasteiger partial charge in [0.25, 0.3) is 0 Å². The van der Waals surface area contributed by atoms with Crippen molar-refractivity contribution >= 4 is 29.9 Å². The summed E-state index contributed by atoms with van der Waals surface area (Å²) in [5, 5.41) is 3.36. The van der Waals surface area contributed by atoms with Crippen LogP contribution in [0.5, 0.6) is 5.88 Å². The zero-order valence-corrected chi connectivity index (χ0v) is 16.0. The zero-order valence-electron chi connectivity index (χ0n) is 13.7. The molecule has 0 aromatic carbocycles. The molecule has 0 spiro atoms. The van der Waals surface area contributed by atoms with Gasteiger partial charge in [-0.3, -0.25) is 0 Å².